The molecule has 17 heteroatoms. The molecular formula is C40H51ClF3N5O7S. The van der Waals surface area contributed by atoms with E-state index in [1.807, 2.05) is 12.2 Å². The van der Waals surface area contributed by atoms with Gasteiger partial charge in [0.1, 0.15) is 23.3 Å². The summed E-state index contributed by atoms with van der Waals surface area (Å²) < 4.78 is 84.5. The minimum Gasteiger partial charge on any atom is -0.483 e. The fraction of sp³-hybridized carbons (Fsp3) is 0.650. The summed E-state index contributed by atoms with van der Waals surface area (Å²) in [5.74, 6) is -1.86. The SMILES string of the molecule is CC(C)(C)OC(=O)NC1CCCCCC=CC2CCC2(CNS(=O)(=O)C2(C)CC2)NC(=O)C2CC3(CCc4c(c(C(F)(F)F)nc5ccc(Cl)cc45)O3)CN2C1=O. The Balaban J connectivity index is 1.26. The predicted octanol–water partition coefficient (Wildman–Crippen LogP) is 6.72. The first-order chi connectivity index (χ1) is 26.6. The van der Waals surface area contributed by atoms with Crippen molar-refractivity contribution in [3.05, 3.63) is 46.6 Å². The van der Waals surface area contributed by atoms with Crippen LogP contribution in [0, 0.1) is 5.92 Å². The van der Waals surface area contributed by atoms with Gasteiger partial charge in [-0.15, -0.1) is 0 Å². The summed E-state index contributed by atoms with van der Waals surface area (Å²) in [6, 6.07) is 2.10. The van der Waals surface area contributed by atoms with Crippen LogP contribution in [0.3, 0.4) is 0 Å². The maximum absolute atomic E-state index is 14.8. The maximum atomic E-state index is 14.8. The number of allylic oxidation sites excluding steroid dienone is 1. The highest BCUT2D eigenvalue weighted by atomic mass is 35.5. The minimum absolute atomic E-state index is 0.0690. The Kier molecular flexibility index (Phi) is 10.8. The molecule has 7 rings (SSSR count). The van der Waals surface area contributed by atoms with Crippen molar-refractivity contribution in [2.75, 3.05) is 13.1 Å². The molecular weight excluding hydrogens is 787 g/mol. The van der Waals surface area contributed by atoms with Crippen LogP contribution in [0.4, 0.5) is 18.0 Å². The van der Waals surface area contributed by atoms with Gasteiger partial charge in [0.2, 0.25) is 21.8 Å². The molecule has 1 aromatic carbocycles. The predicted molar refractivity (Wildman–Crippen MR) is 207 cm³/mol. The van der Waals surface area contributed by atoms with Crippen molar-refractivity contribution in [3.63, 3.8) is 0 Å². The molecule has 3 aliphatic heterocycles. The maximum Gasteiger partial charge on any atom is 0.437 e. The summed E-state index contributed by atoms with van der Waals surface area (Å²) >= 11 is 6.27. The molecule has 3 amide bonds. The molecule has 5 atom stereocenters. The zero-order valence-electron chi connectivity index (χ0n) is 32.7. The standard InChI is InChI=1S/C40H51ClF3N5O7S/c1-36(2,3)56-35(52)47-29-11-9-7-5-6-8-10-24-14-17-39(24,22-45-57(53,54)37(4)18-19-37)48-33(50)30-21-38(23-49(30)34(29)51)16-15-26-27-20-25(41)12-13-28(27)46-32(31(26)55-38)40(42,43)44/h8,10,12-13,20,24,29-30,45H,5-7,9,11,14-19,21-23H2,1-4H3,(H,47,52)(H,48,50). The van der Waals surface area contributed by atoms with Crippen LogP contribution in [0.15, 0.2) is 30.4 Å². The van der Waals surface area contributed by atoms with Crippen molar-refractivity contribution in [2.45, 2.75) is 144 Å². The number of halogens is 4. The third kappa shape index (κ3) is 8.45. The smallest absolute Gasteiger partial charge is 0.437 e. The number of fused-ring (bicyclic) bond motifs is 5. The molecule has 0 bridgehead atoms. The van der Waals surface area contributed by atoms with Gasteiger partial charge < -0.3 is 25.0 Å². The number of carbonyl (C=O) groups is 3. The average Bonchev–Trinajstić information content (AvgIpc) is 3.78. The number of alkyl carbamates (subject to hydrolysis) is 1. The van der Waals surface area contributed by atoms with E-state index in [1.54, 1.807) is 33.8 Å². The number of carbonyl (C=O) groups excluding carboxylic acids is 3. The fourth-order valence-corrected chi connectivity index (χ4v) is 10.2. The number of hydrogen-bond donors (Lipinski definition) is 3. The molecule has 57 heavy (non-hydrogen) atoms. The lowest BCUT2D eigenvalue weighted by Crippen LogP contribution is -2.67. The molecule has 312 valence electrons. The van der Waals surface area contributed by atoms with E-state index in [2.05, 4.69) is 20.3 Å². The molecule has 2 aromatic rings. The van der Waals surface area contributed by atoms with Crippen molar-refractivity contribution < 1.29 is 45.4 Å². The Hall–Kier alpha value is -3.63. The lowest BCUT2D eigenvalue weighted by atomic mass is 9.66. The van der Waals surface area contributed by atoms with Crippen LogP contribution in [-0.4, -0.2) is 82.9 Å². The molecule has 3 N–H and O–H groups in total. The quantitative estimate of drug-likeness (QED) is 0.281. The normalized spacial score (nSPS) is 29.2. The summed E-state index contributed by atoms with van der Waals surface area (Å²) in [4.78, 5) is 47.9. The number of benzene rings is 1. The Morgan fingerprint density at radius 2 is 1.86 bits per heavy atom. The number of amides is 3. The summed E-state index contributed by atoms with van der Waals surface area (Å²) in [6.07, 6.45) is 3.72. The summed E-state index contributed by atoms with van der Waals surface area (Å²) in [5, 5.41) is 6.58. The Bertz CT molecular complexity index is 2090. The largest absolute Gasteiger partial charge is 0.483 e. The Morgan fingerprint density at radius 3 is 2.53 bits per heavy atom. The van der Waals surface area contributed by atoms with Crippen molar-refractivity contribution in [1.29, 1.82) is 0 Å². The molecule has 1 aromatic heterocycles. The zero-order chi connectivity index (χ0) is 41.2. The van der Waals surface area contributed by atoms with Crippen LogP contribution in [0.2, 0.25) is 5.02 Å². The highest BCUT2D eigenvalue weighted by Crippen LogP contribution is 2.49. The van der Waals surface area contributed by atoms with Crippen LogP contribution >= 0.6 is 11.6 Å². The molecule has 5 unspecified atom stereocenters. The minimum atomic E-state index is -4.89. The Labute approximate surface area is 336 Å². The monoisotopic (exact) mass is 837 g/mol. The fourth-order valence-electron chi connectivity index (χ4n) is 8.61. The summed E-state index contributed by atoms with van der Waals surface area (Å²) in [6.45, 7) is 6.44. The van der Waals surface area contributed by atoms with Gasteiger partial charge in [-0.3, -0.25) is 9.59 Å². The van der Waals surface area contributed by atoms with Gasteiger partial charge in [-0.25, -0.2) is 22.9 Å². The first kappa shape index (κ1) is 41.5. The third-order valence-corrected chi connectivity index (χ3v) is 14.8. The van der Waals surface area contributed by atoms with E-state index < -0.39 is 79.1 Å². The number of aryl methyl sites for hydroxylation is 1. The number of nitrogens with zero attached hydrogens (tertiary/aromatic N) is 2. The molecule has 1 saturated heterocycles. The number of nitrogens with one attached hydrogen (secondary N) is 3. The van der Waals surface area contributed by atoms with Crippen molar-refractivity contribution in [1.82, 2.24) is 25.2 Å². The molecule has 2 saturated carbocycles. The second kappa shape index (κ2) is 14.9. The van der Waals surface area contributed by atoms with Crippen molar-refractivity contribution in [2.24, 2.45) is 5.92 Å². The topological polar surface area (TPSA) is 156 Å². The van der Waals surface area contributed by atoms with Gasteiger partial charge in [-0.1, -0.05) is 36.6 Å². The van der Waals surface area contributed by atoms with Crippen molar-refractivity contribution >= 4 is 50.4 Å². The third-order valence-electron chi connectivity index (χ3n) is 12.3. The van der Waals surface area contributed by atoms with E-state index in [4.69, 9.17) is 21.1 Å². The van der Waals surface area contributed by atoms with E-state index in [0.29, 0.717) is 42.5 Å². The van der Waals surface area contributed by atoms with Crippen LogP contribution in [0.25, 0.3) is 10.9 Å². The van der Waals surface area contributed by atoms with Crippen LogP contribution in [0.1, 0.15) is 110 Å². The summed E-state index contributed by atoms with van der Waals surface area (Å²) in [5.41, 5.74) is -4.14. The molecule has 4 heterocycles. The van der Waals surface area contributed by atoms with Gasteiger partial charge in [0.15, 0.2) is 11.4 Å². The van der Waals surface area contributed by atoms with E-state index in [1.165, 1.54) is 17.0 Å². The molecule has 3 fully saturated rings. The second-order valence-corrected chi connectivity index (χ2v) is 20.4. The van der Waals surface area contributed by atoms with E-state index in [0.717, 1.165) is 19.3 Å². The molecule has 12 nitrogen and oxygen atoms in total. The lowest BCUT2D eigenvalue weighted by Gasteiger charge is -2.50. The number of hydrogen-bond acceptors (Lipinski definition) is 8. The van der Waals surface area contributed by atoms with Gasteiger partial charge in [0.25, 0.3) is 0 Å². The molecule has 0 radical (unpaired) electrons. The summed E-state index contributed by atoms with van der Waals surface area (Å²) in [7, 11) is -3.71. The number of pyridine rings is 1. The molecule has 5 aliphatic rings. The highest BCUT2D eigenvalue weighted by Gasteiger charge is 2.57. The Morgan fingerprint density at radius 1 is 1.11 bits per heavy atom. The number of ether oxygens (including phenoxy) is 2. The van der Waals surface area contributed by atoms with Crippen LogP contribution in [0.5, 0.6) is 5.75 Å². The zero-order valence-corrected chi connectivity index (χ0v) is 34.3. The average molecular weight is 838 g/mol. The first-order valence-corrected chi connectivity index (χ1v) is 21.7. The number of sulfonamides is 1. The first-order valence-electron chi connectivity index (χ1n) is 19.8. The van der Waals surface area contributed by atoms with Gasteiger partial charge in [-0.2, -0.15) is 13.2 Å². The van der Waals surface area contributed by atoms with Gasteiger partial charge in [0.05, 0.1) is 22.3 Å². The van der Waals surface area contributed by atoms with Gasteiger partial charge in [0, 0.05) is 34.9 Å². The van der Waals surface area contributed by atoms with E-state index in [-0.39, 0.29) is 55.8 Å². The highest BCUT2D eigenvalue weighted by molar-refractivity contribution is 7.91. The molecule has 2 aliphatic carbocycles. The number of alkyl halides is 3. The van der Waals surface area contributed by atoms with Crippen molar-refractivity contribution in [3.8, 4) is 5.75 Å². The van der Waals surface area contributed by atoms with Gasteiger partial charge >= 0.3 is 12.3 Å². The van der Waals surface area contributed by atoms with E-state index in [9.17, 15) is 36.0 Å². The van der Waals surface area contributed by atoms with Crippen LogP contribution < -0.4 is 20.1 Å². The second-order valence-electron chi connectivity index (χ2n) is 17.7. The lowest BCUT2D eigenvalue weighted by molar-refractivity contribution is -0.144. The number of aromatic nitrogens is 1. The van der Waals surface area contributed by atoms with E-state index >= 15 is 0 Å². The number of rotatable bonds is 5. The van der Waals surface area contributed by atoms with Gasteiger partial charge in [-0.05, 0) is 104 Å². The molecule has 1 spiro atoms. The van der Waals surface area contributed by atoms with Crippen LogP contribution in [-0.2, 0) is 36.9 Å².